The van der Waals surface area contributed by atoms with E-state index in [4.69, 9.17) is 21.3 Å². The van der Waals surface area contributed by atoms with Gasteiger partial charge in [0.2, 0.25) is 0 Å². The maximum atomic E-state index is 11.3. The molecular weight excluding hydrogens is 354 g/mol. The van der Waals surface area contributed by atoms with E-state index in [-0.39, 0.29) is 23.6 Å². The molecule has 0 fully saturated rings. The van der Waals surface area contributed by atoms with E-state index >= 15 is 0 Å². The Kier molecular flexibility index (Phi) is 5.82. The molecule has 0 spiro atoms. The molecule has 0 radical (unpaired) electrons. The first-order chi connectivity index (χ1) is 13.4. The summed E-state index contributed by atoms with van der Waals surface area (Å²) < 4.78 is 7.81. The first-order valence-electron chi connectivity index (χ1n) is 9.58. The minimum absolute atomic E-state index is 0.0559. The van der Waals surface area contributed by atoms with Crippen LogP contribution in [0, 0.1) is 16.7 Å². The molecule has 0 aliphatic heterocycles. The zero-order chi connectivity index (χ0) is 20.3. The van der Waals surface area contributed by atoms with Gasteiger partial charge >= 0.3 is 6.03 Å². The standard InChI is InChI=1S/C21H27N5O2/c1-3-13(2)20(23)26-12-14(8-11-19(26)22)28-18-10-9-17(25-21(24)27)15-6-4-5-7-16(15)18/h4-8,11-13,17-18,22-23H,3,9-10H2,1-2H3,(H3,24,25,27). The number of nitrogens with two attached hydrogens (primary N) is 1. The van der Waals surface area contributed by atoms with E-state index in [1.807, 2.05) is 38.1 Å². The lowest BCUT2D eigenvalue weighted by atomic mass is 9.85. The van der Waals surface area contributed by atoms with E-state index in [1.165, 1.54) is 0 Å². The van der Waals surface area contributed by atoms with Crippen LogP contribution in [0.1, 0.15) is 56.4 Å². The van der Waals surface area contributed by atoms with E-state index in [0.29, 0.717) is 11.6 Å². The second kappa shape index (κ2) is 8.29. The summed E-state index contributed by atoms with van der Waals surface area (Å²) in [7, 11) is 0. The quantitative estimate of drug-likeness (QED) is 0.469. The number of nitrogens with zero attached hydrogens (tertiary/aromatic N) is 1. The summed E-state index contributed by atoms with van der Waals surface area (Å²) in [4.78, 5) is 11.3. The third kappa shape index (κ3) is 4.08. The number of carbonyl (C=O) groups is 1. The van der Waals surface area contributed by atoms with Crippen molar-refractivity contribution in [1.29, 1.82) is 10.8 Å². The molecule has 3 unspecified atom stereocenters. The minimum Gasteiger partial charge on any atom is -0.484 e. The Morgan fingerprint density at radius 1 is 1.29 bits per heavy atom. The average Bonchev–Trinajstić information content (AvgIpc) is 2.69. The molecule has 28 heavy (non-hydrogen) atoms. The lowest BCUT2D eigenvalue weighted by molar-refractivity contribution is 0.171. The number of hydrogen-bond donors (Lipinski definition) is 4. The van der Waals surface area contributed by atoms with E-state index in [0.717, 1.165) is 30.4 Å². The molecular formula is C21H27N5O2. The molecule has 0 bridgehead atoms. The molecule has 0 saturated heterocycles. The van der Waals surface area contributed by atoms with Crippen LogP contribution in [0.3, 0.4) is 0 Å². The van der Waals surface area contributed by atoms with Crippen molar-refractivity contribution < 1.29 is 9.53 Å². The number of benzene rings is 1. The Balaban J connectivity index is 1.87. The van der Waals surface area contributed by atoms with Gasteiger partial charge in [-0.2, -0.15) is 0 Å². The van der Waals surface area contributed by atoms with Crippen LogP contribution >= 0.6 is 0 Å². The highest BCUT2D eigenvalue weighted by molar-refractivity contribution is 5.83. The monoisotopic (exact) mass is 381 g/mol. The van der Waals surface area contributed by atoms with Crippen molar-refractivity contribution in [1.82, 2.24) is 9.88 Å². The fourth-order valence-corrected chi connectivity index (χ4v) is 3.54. The van der Waals surface area contributed by atoms with Crippen LogP contribution in [0.2, 0.25) is 0 Å². The van der Waals surface area contributed by atoms with Gasteiger partial charge in [0.1, 0.15) is 23.2 Å². The molecule has 148 valence electrons. The van der Waals surface area contributed by atoms with Crippen LogP contribution < -0.4 is 21.3 Å². The Bertz CT molecular complexity index is 936. The van der Waals surface area contributed by atoms with Crippen LogP contribution in [0.4, 0.5) is 4.79 Å². The predicted molar refractivity (Wildman–Crippen MR) is 107 cm³/mol. The van der Waals surface area contributed by atoms with Gasteiger partial charge in [-0.3, -0.25) is 15.4 Å². The number of nitrogens with one attached hydrogen (secondary N) is 3. The molecule has 3 rings (SSSR count). The van der Waals surface area contributed by atoms with Crippen LogP contribution in [0.25, 0.3) is 0 Å². The van der Waals surface area contributed by atoms with Gasteiger partial charge in [0.25, 0.3) is 0 Å². The molecule has 0 saturated carbocycles. The molecule has 1 aromatic carbocycles. The normalized spacial score (nSPS) is 19.4. The van der Waals surface area contributed by atoms with Crippen molar-refractivity contribution in [2.45, 2.75) is 45.3 Å². The van der Waals surface area contributed by atoms with Gasteiger partial charge in [-0.1, -0.05) is 38.1 Å². The Morgan fingerprint density at radius 2 is 2.00 bits per heavy atom. The summed E-state index contributed by atoms with van der Waals surface area (Å²) in [5.41, 5.74) is 7.60. The number of pyridine rings is 1. The second-order valence-electron chi connectivity index (χ2n) is 7.19. The van der Waals surface area contributed by atoms with E-state index in [2.05, 4.69) is 5.32 Å². The minimum atomic E-state index is -0.533. The van der Waals surface area contributed by atoms with Gasteiger partial charge in [-0.05, 0) is 42.5 Å². The van der Waals surface area contributed by atoms with Crippen LogP contribution in [0.15, 0.2) is 42.6 Å². The number of urea groups is 1. The van der Waals surface area contributed by atoms with Crippen molar-refractivity contribution in [3.8, 4) is 5.75 Å². The van der Waals surface area contributed by atoms with Crippen LogP contribution in [0.5, 0.6) is 5.75 Å². The van der Waals surface area contributed by atoms with Crippen molar-refractivity contribution in [2.75, 3.05) is 0 Å². The molecule has 3 atom stereocenters. The third-order valence-electron chi connectivity index (χ3n) is 5.29. The summed E-state index contributed by atoms with van der Waals surface area (Å²) in [6, 6.07) is 10.6. The first kappa shape index (κ1) is 19.7. The van der Waals surface area contributed by atoms with Crippen molar-refractivity contribution in [2.24, 2.45) is 11.7 Å². The summed E-state index contributed by atoms with van der Waals surface area (Å²) >= 11 is 0. The summed E-state index contributed by atoms with van der Waals surface area (Å²) in [6.45, 7) is 4.00. The number of hydrogen-bond acceptors (Lipinski definition) is 4. The second-order valence-corrected chi connectivity index (χ2v) is 7.19. The molecule has 1 heterocycles. The smallest absolute Gasteiger partial charge is 0.312 e. The highest BCUT2D eigenvalue weighted by atomic mass is 16.5. The SMILES string of the molecule is CCC(C)C(=N)n1cc(OC2CCC(NC(N)=O)c3ccccc32)ccc1=N. The number of rotatable bonds is 5. The highest BCUT2D eigenvalue weighted by Crippen LogP contribution is 2.38. The van der Waals surface area contributed by atoms with E-state index in [1.54, 1.807) is 22.9 Å². The van der Waals surface area contributed by atoms with Crippen LogP contribution in [-0.2, 0) is 0 Å². The largest absolute Gasteiger partial charge is 0.484 e. The van der Waals surface area contributed by atoms with E-state index < -0.39 is 6.03 Å². The van der Waals surface area contributed by atoms with Crippen molar-refractivity contribution in [3.63, 3.8) is 0 Å². The van der Waals surface area contributed by atoms with Gasteiger partial charge in [0.05, 0.1) is 12.2 Å². The number of amides is 2. The van der Waals surface area contributed by atoms with E-state index in [9.17, 15) is 4.79 Å². The molecule has 2 amide bonds. The Labute approximate surface area is 164 Å². The summed E-state index contributed by atoms with van der Waals surface area (Å²) in [6.07, 6.45) is 3.84. The maximum Gasteiger partial charge on any atom is 0.312 e. The number of ether oxygens (including phenoxy) is 1. The van der Waals surface area contributed by atoms with Gasteiger partial charge in [-0.15, -0.1) is 0 Å². The zero-order valence-corrected chi connectivity index (χ0v) is 16.2. The van der Waals surface area contributed by atoms with Crippen molar-refractivity contribution in [3.05, 3.63) is 59.2 Å². The fourth-order valence-electron chi connectivity index (χ4n) is 3.54. The maximum absolute atomic E-state index is 11.3. The molecule has 7 heteroatoms. The molecule has 7 nitrogen and oxygen atoms in total. The van der Waals surface area contributed by atoms with Crippen LogP contribution in [-0.4, -0.2) is 16.4 Å². The Morgan fingerprint density at radius 3 is 2.68 bits per heavy atom. The molecule has 1 aliphatic rings. The predicted octanol–water partition coefficient (Wildman–Crippen LogP) is 3.46. The average molecular weight is 381 g/mol. The number of fused-ring (bicyclic) bond motifs is 1. The topological polar surface area (TPSA) is 117 Å². The number of carbonyl (C=O) groups excluding carboxylic acids is 1. The Hall–Kier alpha value is -3.09. The third-order valence-corrected chi connectivity index (χ3v) is 5.29. The fraction of sp³-hybridized carbons (Fsp3) is 0.381. The highest BCUT2D eigenvalue weighted by Gasteiger charge is 2.29. The molecule has 2 aromatic rings. The number of aromatic nitrogens is 1. The zero-order valence-electron chi connectivity index (χ0n) is 16.2. The number of primary amides is 1. The van der Waals surface area contributed by atoms with Crippen molar-refractivity contribution >= 4 is 11.9 Å². The summed E-state index contributed by atoms with van der Waals surface area (Å²) in [5, 5.41) is 19.2. The van der Waals surface area contributed by atoms with Gasteiger partial charge in [0, 0.05) is 5.92 Å². The van der Waals surface area contributed by atoms with Gasteiger partial charge in [-0.25, -0.2) is 4.79 Å². The first-order valence-corrected chi connectivity index (χ1v) is 9.58. The molecule has 1 aromatic heterocycles. The summed E-state index contributed by atoms with van der Waals surface area (Å²) in [5.74, 6) is 1.05. The lowest BCUT2D eigenvalue weighted by Crippen LogP contribution is -2.36. The molecule has 5 N–H and O–H groups in total. The lowest BCUT2D eigenvalue weighted by Gasteiger charge is -2.32. The van der Waals surface area contributed by atoms with Gasteiger partial charge in [0.15, 0.2) is 0 Å². The van der Waals surface area contributed by atoms with Gasteiger partial charge < -0.3 is 15.8 Å². The molecule has 1 aliphatic carbocycles.